The molecule has 0 aliphatic carbocycles. The van der Waals surface area contributed by atoms with Crippen molar-refractivity contribution in [1.29, 1.82) is 0 Å². The third-order valence-corrected chi connectivity index (χ3v) is 5.77. The zero-order valence-corrected chi connectivity index (χ0v) is 18.0. The molecule has 0 radical (unpaired) electrons. The lowest BCUT2D eigenvalue weighted by Crippen LogP contribution is -2.49. The number of aromatic amines is 1. The molecule has 31 heavy (non-hydrogen) atoms. The van der Waals surface area contributed by atoms with Gasteiger partial charge in [0.1, 0.15) is 12.2 Å². The molecule has 9 nitrogen and oxygen atoms in total. The van der Waals surface area contributed by atoms with Crippen LogP contribution in [0.5, 0.6) is 0 Å². The molecule has 1 aliphatic rings. The highest BCUT2D eigenvalue weighted by atomic mass is 35.5. The Hall–Kier alpha value is -3.24. The number of nitrogens with zero attached hydrogens (tertiary/aromatic N) is 5. The van der Waals surface area contributed by atoms with Gasteiger partial charge in [0, 0.05) is 42.8 Å². The number of hydrogen-bond acceptors (Lipinski definition) is 6. The highest BCUT2D eigenvalue weighted by Crippen LogP contribution is 2.28. The number of carbonyl (C=O) groups excluding carboxylic acids is 1. The van der Waals surface area contributed by atoms with Crippen LogP contribution in [-0.4, -0.2) is 56.7 Å². The fraction of sp³-hybridized carbons (Fsp3) is 0.250. The van der Waals surface area contributed by atoms with Crippen molar-refractivity contribution in [3.8, 4) is 11.4 Å². The van der Waals surface area contributed by atoms with Crippen LogP contribution in [0.25, 0.3) is 11.4 Å². The Morgan fingerprint density at radius 2 is 1.81 bits per heavy atom. The molecule has 1 aliphatic heterocycles. The minimum atomic E-state index is -0.383. The average molecular weight is 459 g/mol. The van der Waals surface area contributed by atoms with Gasteiger partial charge in [0.25, 0.3) is 5.69 Å². The number of rotatable bonds is 5. The molecule has 2 heterocycles. The first-order valence-electron chi connectivity index (χ1n) is 9.61. The van der Waals surface area contributed by atoms with Crippen LogP contribution < -0.4 is 4.90 Å². The molecule has 0 spiro atoms. The molecule has 160 valence electrons. The standard InChI is InChI=1S/C20H19ClN6O3S/c21-15-7-5-14(6-8-15)19-22-23-20(31)26(19)13-18(28)25-11-9-24(10-12-25)16-3-1-2-4-17(16)27(29)30/h1-8H,9-13H2,(H,23,31). The Balaban J connectivity index is 1.45. The van der Waals surface area contributed by atoms with Crippen molar-refractivity contribution in [3.63, 3.8) is 0 Å². The van der Waals surface area contributed by atoms with Gasteiger partial charge in [-0.05, 0) is 42.5 Å². The molecule has 0 bridgehead atoms. The molecule has 1 aromatic heterocycles. The summed E-state index contributed by atoms with van der Waals surface area (Å²) in [6.07, 6.45) is 0. The summed E-state index contributed by atoms with van der Waals surface area (Å²) in [5, 5.41) is 18.9. The van der Waals surface area contributed by atoms with Crippen LogP contribution in [0.3, 0.4) is 0 Å². The number of para-hydroxylation sites is 2. The Kier molecular flexibility index (Phi) is 6.01. The van der Waals surface area contributed by atoms with E-state index >= 15 is 0 Å². The van der Waals surface area contributed by atoms with E-state index in [0.29, 0.717) is 47.5 Å². The number of halogens is 1. The summed E-state index contributed by atoms with van der Waals surface area (Å²) >= 11 is 11.3. The SMILES string of the molecule is O=C(Cn1c(-c2ccc(Cl)cc2)n[nH]c1=S)N1CCN(c2ccccc2[N+](=O)[O-])CC1. The summed E-state index contributed by atoms with van der Waals surface area (Å²) in [5.74, 6) is 0.475. The van der Waals surface area contributed by atoms with Crippen molar-refractivity contribution in [3.05, 3.63) is 68.4 Å². The lowest BCUT2D eigenvalue weighted by atomic mass is 10.2. The molecule has 2 aromatic carbocycles. The van der Waals surface area contributed by atoms with Crippen molar-refractivity contribution in [1.82, 2.24) is 19.7 Å². The van der Waals surface area contributed by atoms with Crippen LogP contribution in [0.1, 0.15) is 0 Å². The summed E-state index contributed by atoms with van der Waals surface area (Å²) < 4.78 is 2.02. The van der Waals surface area contributed by atoms with Crippen LogP contribution in [0.15, 0.2) is 48.5 Å². The Morgan fingerprint density at radius 1 is 1.13 bits per heavy atom. The van der Waals surface area contributed by atoms with Gasteiger partial charge in [-0.1, -0.05) is 23.7 Å². The van der Waals surface area contributed by atoms with Gasteiger partial charge in [-0.15, -0.1) is 0 Å². The van der Waals surface area contributed by atoms with Crippen LogP contribution in [0.2, 0.25) is 5.02 Å². The number of benzene rings is 2. The van der Waals surface area contributed by atoms with Crippen molar-refractivity contribution >= 4 is 41.1 Å². The van der Waals surface area contributed by atoms with Gasteiger partial charge in [0.15, 0.2) is 10.6 Å². The summed E-state index contributed by atoms with van der Waals surface area (Å²) in [5.41, 5.74) is 1.44. The highest BCUT2D eigenvalue weighted by Gasteiger charge is 2.26. The number of carbonyl (C=O) groups is 1. The Labute approximate surface area is 188 Å². The first-order valence-corrected chi connectivity index (χ1v) is 10.4. The fourth-order valence-electron chi connectivity index (χ4n) is 3.60. The third-order valence-electron chi connectivity index (χ3n) is 5.21. The van der Waals surface area contributed by atoms with Gasteiger partial charge >= 0.3 is 0 Å². The number of amides is 1. The second-order valence-corrected chi connectivity index (χ2v) is 7.88. The number of piperazine rings is 1. The molecule has 4 rings (SSSR count). The summed E-state index contributed by atoms with van der Waals surface area (Å²) in [6.45, 7) is 2.01. The summed E-state index contributed by atoms with van der Waals surface area (Å²) in [7, 11) is 0. The Bertz CT molecular complexity index is 1170. The van der Waals surface area contributed by atoms with Gasteiger partial charge < -0.3 is 9.80 Å². The van der Waals surface area contributed by atoms with E-state index < -0.39 is 0 Å². The number of hydrogen-bond donors (Lipinski definition) is 1. The number of nitro groups is 1. The molecule has 0 atom stereocenters. The molecular weight excluding hydrogens is 440 g/mol. The van der Waals surface area contributed by atoms with Crippen molar-refractivity contribution in [2.75, 3.05) is 31.1 Å². The first kappa shape index (κ1) is 21.0. The maximum atomic E-state index is 12.9. The topological polar surface area (TPSA) is 100 Å². The van der Waals surface area contributed by atoms with Crippen LogP contribution in [0, 0.1) is 14.9 Å². The second kappa shape index (κ2) is 8.86. The highest BCUT2D eigenvalue weighted by molar-refractivity contribution is 7.71. The molecule has 1 amide bonds. The molecule has 0 saturated carbocycles. The lowest BCUT2D eigenvalue weighted by molar-refractivity contribution is -0.384. The van der Waals surface area contributed by atoms with Crippen LogP contribution >= 0.6 is 23.8 Å². The van der Waals surface area contributed by atoms with E-state index in [9.17, 15) is 14.9 Å². The average Bonchev–Trinajstić information content (AvgIpc) is 3.14. The fourth-order valence-corrected chi connectivity index (χ4v) is 3.92. The van der Waals surface area contributed by atoms with Crippen molar-refractivity contribution < 1.29 is 9.72 Å². The smallest absolute Gasteiger partial charge is 0.292 e. The quantitative estimate of drug-likeness (QED) is 0.356. The van der Waals surface area contributed by atoms with E-state index in [1.54, 1.807) is 39.8 Å². The minimum Gasteiger partial charge on any atom is -0.362 e. The molecule has 11 heteroatoms. The van der Waals surface area contributed by atoms with Crippen molar-refractivity contribution in [2.45, 2.75) is 6.54 Å². The van der Waals surface area contributed by atoms with Gasteiger partial charge in [-0.2, -0.15) is 5.10 Å². The maximum absolute atomic E-state index is 12.9. The minimum absolute atomic E-state index is 0.0543. The van der Waals surface area contributed by atoms with Gasteiger partial charge in [0.2, 0.25) is 5.91 Å². The van der Waals surface area contributed by atoms with Crippen molar-refractivity contribution in [2.24, 2.45) is 0 Å². The third kappa shape index (κ3) is 4.44. The number of aromatic nitrogens is 3. The van der Waals surface area contributed by atoms with E-state index in [1.165, 1.54) is 6.07 Å². The van der Waals surface area contributed by atoms with Crippen LogP contribution in [-0.2, 0) is 11.3 Å². The lowest BCUT2D eigenvalue weighted by Gasteiger charge is -2.35. The van der Waals surface area contributed by atoms with E-state index in [2.05, 4.69) is 10.2 Å². The van der Waals surface area contributed by atoms with Gasteiger partial charge in [-0.3, -0.25) is 24.6 Å². The molecule has 0 unspecified atom stereocenters. The largest absolute Gasteiger partial charge is 0.362 e. The first-order chi connectivity index (χ1) is 14.9. The summed E-state index contributed by atoms with van der Waals surface area (Å²) in [4.78, 5) is 27.5. The monoisotopic (exact) mass is 458 g/mol. The number of anilines is 1. The second-order valence-electron chi connectivity index (χ2n) is 7.06. The number of nitro benzene ring substituents is 1. The van der Waals surface area contributed by atoms with E-state index in [1.807, 2.05) is 17.0 Å². The van der Waals surface area contributed by atoms with Gasteiger partial charge in [0.05, 0.1) is 4.92 Å². The zero-order chi connectivity index (χ0) is 22.0. The van der Waals surface area contributed by atoms with Gasteiger partial charge in [-0.25, -0.2) is 0 Å². The number of nitrogens with one attached hydrogen (secondary N) is 1. The zero-order valence-electron chi connectivity index (χ0n) is 16.4. The molecule has 3 aromatic rings. The summed E-state index contributed by atoms with van der Waals surface area (Å²) in [6, 6.07) is 13.8. The Morgan fingerprint density at radius 3 is 2.48 bits per heavy atom. The normalized spacial score (nSPS) is 14.0. The number of H-pyrrole nitrogens is 1. The molecule has 1 saturated heterocycles. The van der Waals surface area contributed by atoms with E-state index in [4.69, 9.17) is 23.8 Å². The molecule has 1 N–H and O–H groups in total. The molecular formula is C20H19ClN6O3S. The van der Waals surface area contributed by atoms with Crippen LogP contribution in [0.4, 0.5) is 11.4 Å². The van der Waals surface area contributed by atoms with E-state index in [-0.39, 0.29) is 23.1 Å². The molecule has 1 fully saturated rings. The predicted octanol–water partition coefficient (Wildman–Crippen LogP) is 3.52. The maximum Gasteiger partial charge on any atom is 0.292 e. The van der Waals surface area contributed by atoms with E-state index in [0.717, 1.165) is 5.56 Å². The predicted molar refractivity (Wildman–Crippen MR) is 120 cm³/mol.